The van der Waals surface area contributed by atoms with E-state index >= 15 is 0 Å². The van der Waals surface area contributed by atoms with Gasteiger partial charge in [-0.25, -0.2) is 4.98 Å². The lowest BCUT2D eigenvalue weighted by molar-refractivity contribution is 0.0936. The van der Waals surface area contributed by atoms with Crippen LogP contribution >= 0.6 is 22.7 Å². The van der Waals surface area contributed by atoms with Gasteiger partial charge in [0, 0.05) is 10.3 Å². The van der Waals surface area contributed by atoms with Gasteiger partial charge in [0.05, 0.1) is 12.1 Å². The van der Waals surface area contributed by atoms with Crippen molar-refractivity contribution in [3.8, 4) is 0 Å². The molecule has 0 fully saturated rings. The first kappa shape index (κ1) is 13.2. The standard InChI is InChI=1S/C12H15N3OS2/c1-7(13)12-15-9(6-18-12)11(16)14-8(2)10-4-3-5-17-10/h3-8H,13H2,1-2H3,(H,14,16). The number of rotatable bonds is 4. The van der Waals surface area contributed by atoms with Crippen LogP contribution in [0.5, 0.6) is 0 Å². The zero-order chi connectivity index (χ0) is 13.1. The number of carbonyl (C=O) groups is 1. The quantitative estimate of drug-likeness (QED) is 0.905. The van der Waals surface area contributed by atoms with Crippen LogP contribution in [0.1, 0.15) is 46.3 Å². The van der Waals surface area contributed by atoms with Gasteiger partial charge in [0.1, 0.15) is 10.7 Å². The summed E-state index contributed by atoms with van der Waals surface area (Å²) in [5.41, 5.74) is 6.16. The molecule has 96 valence electrons. The maximum atomic E-state index is 12.0. The summed E-state index contributed by atoms with van der Waals surface area (Å²) in [4.78, 5) is 17.3. The fourth-order valence-corrected chi connectivity index (χ4v) is 2.97. The molecule has 2 aromatic heterocycles. The number of hydrogen-bond donors (Lipinski definition) is 2. The van der Waals surface area contributed by atoms with Gasteiger partial charge in [0.25, 0.3) is 5.91 Å². The predicted octanol–water partition coefficient (Wildman–Crippen LogP) is 2.72. The molecule has 0 aliphatic heterocycles. The smallest absolute Gasteiger partial charge is 0.271 e. The summed E-state index contributed by atoms with van der Waals surface area (Å²) in [6, 6.07) is 3.84. The van der Waals surface area contributed by atoms with Crippen molar-refractivity contribution in [3.63, 3.8) is 0 Å². The van der Waals surface area contributed by atoms with Crippen LogP contribution in [0, 0.1) is 0 Å². The highest BCUT2D eigenvalue weighted by atomic mass is 32.1. The first-order valence-electron chi connectivity index (χ1n) is 5.63. The van der Waals surface area contributed by atoms with Crippen molar-refractivity contribution < 1.29 is 4.79 Å². The third-order valence-electron chi connectivity index (χ3n) is 2.46. The molecule has 0 aliphatic carbocycles. The summed E-state index contributed by atoms with van der Waals surface area (Å²) >= 11 is 3.04. The number of aromatic nitrogens is 1. The Morgan fingerprint density at radius 2 is 2.22 bits per heavy atom. The van der Waals surface area contributed by atoms with Crippen LogP contribution in [0.3, 0.4) is 0 Å². The van der Waals surface area contributed by atoms with Crippen molar-refractivity contribution >= 4 is 28.6 Å². The Hall–Kier alpha value is -1.24. The van der Waals surface area contributed by atoms with E-state index < -0.39 is 0 Å². The van der Waals surface area contributed by atoms with Gasteiger partial charge in [-0.2, -0.15) is 0 Å². The van der Waals surface area contributed by atoms with Crippen LogP contribution in [0.25, 0.3) is 0 Å². The monoisotopic (exact) mass is 281 g/mol. The third-order valence-corrected chi connectivity index (χ3v) is 4.56. The number of hydrogen-bond acceptors (Lipinski definition) is 5. The molecule has 0 saturated carbocycles. The van der Waals surface area contributed by atoms with Crippen molar-refractivity contribution in [2.24, 2.45) is 5.73 Å². The molecule has 0 bridgehead atoms. The van der Waals surface area contributed by atoms with E-state index in [1.54, 1.807) is 16.7 Å². The van der Waals surface area contributed by atoms with E-state index in [1.165, 1.54) is 11.3 Å². The highest BCUT2D eigenvalue weighted by Gasteiger charge is 2.15. The van der Waals surface area contributed by atoms with Gasteiger partial charge in [0.2, 0.25) is 0 Å². The second-order valence-corrected chi connectivity index (χ2v) is 5.94. The molecule has 0 spiro atoms. The molecule has 2 atom stereocenters. The zero-order valence-corrected chi connectivity index (χ0v) is 11.8. The Balaban J connectivity index is 2.03. The third kappa shape index (κ3) is 2.95. The second-order valence-electron chi connectivity index (χ2n) is 4.07. The lowest BCUT2D eigenvalue weighted by Gasteiger charge is -2.10. The molecule has 0 aromatic carbocycles. The van der Waals surface area contributed by atoms with Gasteiger partial charge in [-0.1, -0.05) is 6.07 Å². The molecule has 2 unspecified atom stereocenters. The molecule has 6 heteroatoms. The summed E-state index contributed by atoms with van der Waals surface area (Å²) in [6.07, 6.45) is 0. The highest BCUT2D eigenvalue weighted by molar-refractivity contribution is 7.10. The predicted molar refractivity (Wildman–Crippen MR) is 74.9 cm³/mol. The van der Waals surface area contributed by atoms with E-state index in [2.05, 4.69) is 10.3 Å². The van der Waals surface area contributed by atoms with Gasteiger partial charge in [-0.05, 0) is 25.3 Å². The summed E-state index contributed by atoms with van der Waals surface area (Å²) in [5.74, 6) is -0.154. The molecule has 18 heavy (non-hydrogen) atoms. The van der Waals surface area contributed by atoms with Crippen LogP contribution in [0.2, 0.25) is 0 Å². The molecular formula is C12H15N3OS2. The minimum absolute atomic E-state index is 0.00190. The number of thiophene rings is 1. The zero-order valence-electron chi connectivity index (χ0n) is 10.2. The van der Waals surface area contributed by atoms with Crippen molar-refractivity contribution in [1.29, 1.82) is 0 Å². The largest absolute Gasteiger partial charge is 0.343 e. The fourth-order valence-electron chi connectivity index (χ4n) is 1.48. The number of nitrogens with two attached hydrogens (primary N) is 1. The number of thiazole rings is 1. The SMILES string of the molecule is CC(N)c1nc(C(=O)NC(C)c2cccs2)cs1. The minimum Gasteiger partial charge on any atom is -0.343 e. The Morgan fingerprint density at radius 3 is 2.78 bits per heavy atom. The van der Waals surface area contributed by atoms with Gasteiger partial charge < -0.3 is 11.1 Å². The summed E-state index contributed by atoms with van der Waals surface area (Å²) in [6.45, 7) is 3.82. The van der Waals surface area contributed by atoms with Gasteiger partial charge in [-0.15, -0.1) is 22.7 Å². The molecule has 2 heterocycles. The molecule has 2 aromatic rings. The number of amides is 1. The first-order valence-corrected chi connectivity index (χ1v) is 7.39. The average Bonchev–Trinajstić information content (AvgIpc) is 3.00. The van der Waals surface area contributed by atoms with E-state index in [1.807, 2.05) is 31.4 Å². The van der Waals surface area contributed by atoms with Gasteiger partial charge in [0.15, 0.2) is 0 Å². The molecule has 0 radical (unpaired) electrons. The van der Waals surface area contributed by atoms with E-state index in [9.17, 15) is 4.79 Å². The van der Waals surface area contributed by atoms with E-state index in [0.29, 0.717) is 5.69 Å². The minimum atomic E-state index is -0.154. The summed E-state index contributed by atoms with van der Waals surface area (Å²) in [7, 11) is 0. The Labute approximate surface area is 114 Å². The average molecular weight is 281 g/mol. The molecule has 2 rings (SSSR count). The molecule has 3 N–H and O–H groups in total. The Kier molecular flexibility index (Phi) is 4.11. The van der Waals surface area contributed by atoms with Crippen LogP contribution in [0.15, 0.2) is 22.9 Å². The first-order chi connectivity index (χ1) is 8.58. The maximum absolute atomic E-state index is 12.0. The lowest BCUT2D eigenvalue weighted by atomic mass is 10.2. The Bertz CT molecular complexity index is 519. The molecule has 1 amide bonds. The molecule has 0 aliphatic rings. The normalized spacial score (nSPS) is 14.2. The van der Waals surface area contributed by atoms with Crippen LogP contribution in [-0.4, -0.2) is 10.9 Å². The number of carbonyl (C=O) groups excluding carboxylic acids is 1. The van der Waals surface area contributed by atoms with Crippen LogP contribution in [-0.2, 0) is 0 Å². The maximum Gasteiger partial charge on any atom is 0.271 e. The van der Waals surface area contributed by atoms with Crippen LogP contribution in [0.4, 0.5) is 0 Å². The van der Waals surface area contributed by atoms with Crippen molar-refractivity contribution in [1.82, 2.24) is 10.3 Å². The highest BCUT2D eigenvalue weighted by Crippen LogP contribution is 2.20. The number of nitrogens with zero attached hydrogens (tertiary/aromatic N) is 1. The van der Waals surface area contributed by atoms with Crippen LogP contribution < -0.4 is 11.1 Å². The van der Waals surface area contributed by atoms with E-state index in [4.69, 9.17) is 5.73 Å². The Morgan fingerprint density at radius 1 is 1.44 bits per heavy atom. The summed E-state index contributed by atoms with van der Waals surface area (Å²) in [5, 5.41) is 7.45. The van der Waals surface area contributed by atoms with Gasteiger partial charge in [-0.3, -0.25) is 4.79 Å². The second kappa shape index (κ2) is 5.60. The molecular weight excluding hydrogens is 266 g/mol. The van der Waals surface area contributed by atoms with Crippen molar-refractivity contribution in [2.75, 3.05) is 0 Å². The van der Waals surface area contributed by atoms with Crippen molar-refractivity contribution in [2.45, 2.75) is 25.9 Å². The van der Waals surface area contributed by atoms with Crippen molar-refractivity contribution in [3.05, 3.63) is 38.5 Å². The summed E-state index contributed by atoms with van der Waals surface area (Å²) < 4.78 is 0. The molecule has 4 nitrogen and oxygen atoms in total. The fraction of sp³-hybridized carbons (Fsp3) is 0.333. The topological polar surface area (TPSA) is 68.0 Å². The molecule has 0 saturated heterocycles. The number of nitrogens with one attached hydrogen (secondary N) is 1. The lowest BCUT2D eigenvalue weighted by Crippen LogP contribution is -2.26. The van der Waals surface area contributed by atoms with E-state index in [0.717, 1.165) is 9.88 Å². The van der Waals surface area contributed by atoms with Gasteiger partial charge >= 0.3 is 0 Å². The van der Waals surface area contributed by atoms with E-state index in [-0.39, 0.29) is 18.0 Å².